The van der Waals surface area contributed by atoms with Gasteiger partial charge in [-0.25, -0.2) is 9.78 Å². The van der Waals surface area contributed by atoms with Gasteiger partial charge >= 0.3 is 5.97 Å². The van der Waals surface area contributed by atoms with Crippen LogP contribution in [0.4, 0.5) is 17.2 Å². The fraction of sp³-hybridized carbons (Fsp3) is 0. The van der Waals surface area contributed by atoms with Gasteiger partial charge in [0, 0.05) is 12.3 Å². The van der Waals surface area contributed by atoms with Crippen LogP contribution in [0.1, 0.15) is 10.4 Å². The maximum Gasteiger partial charge on any atom is 0.337 e. The molecule has 2 aromatic rings. The Balaban J connectivity index is 2.26. The topological polar surface area (TPSA) is 105 Å². The number of anilines is 2. The third-order valence-electron chi connectivity index (χ3n) is 2.37. The Hall–Kier alpha value is -2.96. The highest BCUT2D eigenvalue weighted by Gasteiger charge is 2.12. The first-order chi connectivity index (χ1) is 9.08. The van der Waals surface area contributed by atoms with Gasteiger partial charge in [0.2, 0.25) is 0 Å². The number of carbonyl (C=O) groups is 1. The lowest BCUT2D eigenvalue weighted by Gasteiger charge is -2.06. The molecule has 0 saturated heterocycles. The van der Waals surface area contributed by atoms with Gasteiger partial charge in [-0.2, -0.15) is 0 Å². The van der Waals surface area contributed by atoms with Crippen molar-refractivity contribution in [3.63, 3.8) is 0 Å². The van der Waals surface area contributed by atoms with E-state index < -0.39 is 10.9 Å². The van der Waals surface area contributed by atoms with Crippen LogP contribution in [0.3, 0.4) is 0 Å². The summed E-state index contributed by atoms with van der Waals surface area (Å²) < 4.78 is 0. The predicted octanol–water partition coefficient (Wildman–Crippen LogP) is 2.43. The number of carboxylic acids is 1. The Kier molecular flexibility index (Phi) is 3.37. The average Bonchev–Trinajstić information content (AvgIpc) is 2.39. The summed E-state index contributed by atoms with van der Waals surface area (Å²) in [6, 6.07) is 8.94. The number of para-hydroxylation sites is 2. The summed E-state index contributed by atoms with van der Waals surface area (Å²) in [7, 11) is 0. The molecule has 0 aliphatic rings. The SMILES string of the molecule is O=C(O)c1ccc(Nc2ccccc2[N+](=O)[O-])nc1. The van der Waals surface area contributed by atoms with E-state index in [1.54, 1.807) is 18.2 Å². The van der Waals surface area contributed by atoms with Crippen molar-refractivity contribution in [2.45, 2.75) is 0 Å². The second kappa shape index (κ2) is 5.13. The summed E-state index contributed by atoms with van der Waals surface area (Å²) in [6.45, 7) is 0. The molecular weight excluding hydrogens is 250 g/mol. The maximum atomic E-state index is 10.8. The van der Waals surface area contributed by atoms with Gasteiger partial charge in [-0.15, -0.1) is 0 Å². The van der Waals surface area contributed by atoms with E-state index in [1.165, 1.54) is 24.4 Å². The normalized spacial score (nSPS) is 9.89. The van der Waals surface area contributed by atoms with Crippen molar-refractivity contribution in [1.29, 1.82) is 0 Å². The maximum absolute atomic E-state index is 10.8. The molecule has 7 nitrogen and oxygen atoms in total. The van der Waals surface area contributed by atoms with E-state index in [-0.39, 0.29) is 11.3 Å². The quantitative estimate of drug-likeness (QED) is 0.645. The molecule has 0 aliphatic carbocycles. The highest BCUT2D eigenvalue weighted by molar-refractivity contribution is 5.87. The van der Waals surface area contributed by atoms with Gasteiger partial charge in [-0.1, -0.05) is 12.1 Å². The number of nitro groups is 1. The van der Waals surface area contributed by atoms with Gasteiger partial charge in [-0.3, -0.25) is 10.1 Å². The second-order valence-electron chi connectivity index (χ2n) is 3.64. The Morgan fingerprint density at radius 3 is 2.58 bits per heavy atom. The first-order valence-corrected chi connectivity index (χ1v) is 5.28. The third kappa shape index (κ3) is 2.83. The molecule has 19 heavy (non-hydrogen) atoms. The van der Waals surface area contributed by atoms with E-state index in [0.29, 0.717) is 11.5 Å². The molecule has 0 unspecified atom stereocenters. The van der Waals surface area contributed by atoms with E-state index in [1.807, 2.05) is 0 Å². The molecule has 0 radical (unpaired) electrons. The predicted molar refractivity (Wildman–Crippen MR) is 67.6 cm³/mol. The van der Waals surface area contributed by atoms with Crippen LogP contribution >= 0.6 is 0 Å². The molecule has 2 rings (SSSR count). The number of pyridine rings is 1. The molecule has 1 aromatic heterocycles. The number of rotatable bonds is 4. The largest absolute Gasteiger partial charge is 0.478 e. The van der Waals surface area contributed by atoms with Crippen LogP contribution in [0, 0.1) is 10.1 Å². The Bertz CT molecular complexity index is 625. The van der Waals surface area contributed by atoms with Gasteiger partial charge < -0.3 is 10.4 Å². The Morgan fingerprint density at radius 1 is 1.26 bits per heavy atom. The lowest BCUT2D eigenvalue weighted by molar-refractivity contribution is -0.383. The fourth-order valence-corrected chi connectivity index (χ4v) is 1.47. The summed E-state index contributed by atoms with van der Waals surface area (Å²) in [5, 5.41) is 22.3. The van der Waals surface area contributed by atoms with Crippen LogP contribution in [0.15, 0.2) is 42.6 Å². The summed E-state index contributed by atoms with van der Waals surface area (Å²) >= 11 is 0. The number of aromatic nitrogens is 1. The number of benzene rings is 1. The first kappa shape index (κ1) is 12.5. The van der Waals surface area contributed by atoms with Crippen molar-refractivity contribution in [1.82, 2.24) is 4.98 Å². The molecule has 0 saturated carbocycles. The number of aromatic carboxylic acids is 1. The zero-order valence-corrected chi connectivity index (χ0v) is 9.61. The minimum atomic E-state index is -1.08. The zero-order chi connectivity index (χ0) is 13.8. The summed E-state index contributed by atoms with van der Waals surface area (Å²) in [5.41, 5.74) is 0.266. The highest BCUT2D eigenvalue weighted by Crippen LogP contribution is 2.25. The third-order valence-corrected chi connectivity index (χ3v) is 2.37. The van der Waals surface area contributed by atoms with Crippen molar-refractivity contribution < 1.29 is 14.8 Å². The summed E-state index contributed by atoms with van der Waals surface area (Å²) in [4.78, 5) is 24.9. The summed E-state index contributed by atoms with van der Waals surface area (Å²) in [5.74, 6) is -0.746. The molecule has 0 aliphatic heterocycles. The standard InChI is InChI=1S/C12H9N3O4/c16-12(17)8-5-6-11(13-7-8)14-9-3-1-2-4-10(9)15(18)19/h1-7H,(H,13,14)(H,16,17). The number of hydrogen-bond acceptors (Lipinski definition) is 5. The fourth-order valence-electron chi connectivity index (χ4n) is 1.47. The van der Waals surface area contributed by atoms with Crippen molar-refractivity contribution in [2.75, 3.05) is 5.32 Å². The molecule has 96 valence electrons. The van der Waals surface area contributed by atoms with Crippen molar-refractivity contribution in [3.05, 3.63) is 58.3 Å². The van der Waals surface area contributed by atoms with Crippen molar-refractivity contribution >= 4 is 23.2 Å². The van der Waals surface area contributed by atoms with E-state index in [0.717, 1.165) is 0 Å². The van der Waals surface area contributed by atoms with Gasteiger partial charge in [0.15, 0.2) is 0 Å². The summed E-state index contributed by atoms with van der Waals surface area (Å²) in [6.07, 6.45) is 1.18. The molecule has 0 amide bonds. The van der Waals surface area contributed by atoms with Gasteiger partial charge in [0.25, 0.3) is 5.69 Å². The van der Waals surface area contributed by atoms with E-state index in [9.17, 15) is 14.9 Å². The average molecular weight is 259 g/mol. The van der Waals surface area contributed by atoms with Gasteiger partial charge in [0.05, 0.1) is 10.5 Å². The lowest BCUT2D eigenvalue weighted by Crippen LogP contribution is -2.00. The number of hydrogen-bond donors (Lipinski definition) is 2. The van der Waals surface area contributed by atoms with Crippen LogP contribution in [0.5, 0.6) is 0 Å². The Labute approximate surface area is 107 Å². The minimum Gasteiger partial charge on any atom is -0.478 e. The van der Waals surface area contributed by atoms with Crippen LogP contribution in [0.25, 0.3) is 0 Å². The lowest BCUT2D eigenvalue weighted by atomic mass is 10.2. The smallest absolute Gasteiger partial charge is 0.337 e. The highest BCUT2D eigenvalue weighted by atomic mass is 16.6. The second-order valence-corrected chi connectivity index (χ2v) is 3.64. The number of nitro benzene ring substituents is 1. The number of nitrogens with zero attached hydrogens (tertiary/aromatic N) is 2. The van der Waals surface area contributed by atoms with Gasteiger partial charge in [-0.05, 0) is 18.2 Å². The molecule has 0 bridgehead atoms. The molecule has 1 heterocycles. The number of carboxylic acid groups (broad SMARTS) is 1. The van der Waals surface area contributed by atoms with E-state index >= 15 is 0 Å². The van der Waals surface area contributed by atoms with Crippen LogP contribution < -0.4 is 5.32 Å². The molecule has 1 aromatic carbocycles. The van der Waals surface area contributed by atoms with Gasteiger partial charge in [0.1, 0.15) is 11.5 Å². The first-order valence-electron chi connectivity index (χ1n) is 5.28. The van der Waals surface area contributed by atoms with Crippen LogP contribution in [-0.4, -0.2) is 21.0 Å². The minimum absolute atomic E-state index is 0.0492. The molecule has 0 spiro atoms. The molecule has 0 fully saturated rings. The Morgan fingerprint density at radius 2 is 2.00 bits per heavy atom. The molecular formula is C12H9N3O4. The van der Waals surface area contributed by atoms with Crippen molar-refractivity contribution in [3.8, 4) is 0 Å². The van der Waals surface area contributed by atoms with E-state index in [2.05, 4.69) is 10.3 Å². The van der Waals surface area contributed by atoms with Crippen molar-refractivity contribution in [2.24, 2.45) is 0 Å². The van der Waals surface area contributed by atoms with E-state index in [4.69, 9.17) is 5.11 Å². The van der Waals surface area contributed by atoms with Crippen LogP contribution in [-0.2, 0) is 0 Å². The number of nitrogens with one attached hydrogen (secondary N) is 1. The molecule has 0 atom stereocenters. The molecule has 2 N–H and O–H groups in total. The van der Waals surface area contributed by atoms with Crippen LogP contribution in [0.2, 0.25) is 0 Å². The zero-order valence-electron chi connectivity index (χ0n) is 9.61. The monoisotopic (exact) mass is 259 g/mol. The molecule has 7 heteroatoms.